The van der Waals surface area contributed by atoms with Gasteiger partial charge in [-0.15, -0.1) is 0 Å². The van der Waals surface area contributed by atoms with E-state index in [0.29, 0.717) is 24.2 Å². The van der Waals surface area contributed by atoms with E-state index >= 15 is 0 Å². The molecule has 5 nitrogen and oxygen atoms in total. The standard InChI is InChI=1S/C23H32O5/c1-20(2)27-23(28-20)12-22(4)13(11-18(23)24)5-6-14-15-7-8-17(19(25)26)21(15,3)10-9-16(14)22/h11,14-17H,5-10,12H2,1-4H3,(H,25,26)/t14-,15-,16-,17-,21-,22-/m0/s1. The van der Waals surface area contributed by atoms with Crippen LogP contribution in [0.4, 0.5) is 0 Å². The van der Waals surface area contributed by atoms with Gasteiger partial charge in [0, 0.05) is 6.42 Å². The quantitative estimate of drug-likeness (QED) is 0.725. The highest BCUT2D eigenvalue weighted by atomic mass is 16.9. The SMILES string of the molecule is CC1(C)OC2(C[C@@]3(C)C(=CC2=O)CC[C@H]2[C@@H]4CC[C@@H](C(=O)O)[C@@]4(C)CC[C@@H]23)O1. The van der Waals surface area contributed by atoms with E-state index in [1.54, 1.807) is 0 Å². The minimum atomic E-state index is -1.11. The molecule has 5 rings (SSSR count). The molecule has 4 fully saturated rings. The third-order valence-corrected chi connectivity index (χ3v) is 9.14. The monoisotopic (exact) mass is 388 g/mol. The summed E-state index contributed by atoms with van der Waals surface area (Å²) < 4.78 is 12.0. The summed E-state index contributed by atoms with van der Waals surface area (Å²) in [6.07, 6.45) is 8.25. The van der Waals surface area contributed by atoms with Gasteiger partial charge in [-0.25, -0.2) is 0 Å². The Morgan fingerprint density at radius 3 is 2.43 bits per heavy atom. The number of aliphatic carboxylic acids is 1. The Bertz CT molecular complexity index is 774. The smallest absolute Gasteiger partial charge is 0.307 e. The molecule has 1 spiro atoms. The van der Waals surface area contributed by atoms with Crippen LogP contribution in [0, 0.1) is 34.5 Å². The molecule has 0 bridgehead atoms. The number of fused-ring (bicyclic) bond motifs is 5. The molecule has 1 saturated heterocycles. The maximum absolute atomic E-state index is 12.8. The maximum Gasteiger partial charge on any atom is 0.307 e. The highest BCUT2D eigenvalue weighted by Gasteiger charge is 2.66. The van der Waals surface area contributed by atoms with Crippen molar-refractivity contribution in [3.8, 4) is 0 Å². The van der Waals surface area contributed by atoms with Crippen LogP contribution in [0.5, 0.6) is 0 Å². The van der Waals surface area contributed by atoms with Crippen LogP contribution < -0.4 is 0 Å². The summed E-state index contributed by atoms with van der Waals surface area (Å²) in [6.45, 7) is 8.23. The Morgan fingerprint density at radius 1 is 1.07 bits per heavy atom. The van der Waals surface area contributed by atoms with Crippen molar-refractivity contribution in [3.63, 3.8) is 0 Å². The number of ether oxygens (including phenoxy) is 2. The topological polar surface area (TPSA) is 72.8 Å². The number of hydrogen-bond acceptors (Lipinski definition) is 4. The van der Waals surface area contributed by atoms with Crippen molar-refractivity contribution < 1.29 is 24.2 Å². The number of allylic oxidation sites excluding steroid dienone is 1. The van der Waals surface area contributed by atoms with Gasteiger partial charge >= 0.3 is 5.97 Å². The lowest BCUT2D eigenvalue weighted by molar-refractivity contribution is -0.482. The molecule has 0 radical (unpaired) electrons. The zero-order chi connectivity index (χ0) is 20.1. The molecule has 0 aromatic rings. The lowest BCUT2D eigenvalue weighted by atomic mass is 9.46. The fourth-order valence-electron chi connectivity index (χ4n) is 8.03. The molecule has 0 aromatic carbocycles. The van der Waals surface area contributed by atoms with Crippen LogP contribution in [0.25, 0.3) is 0 Å². The van der Waals surface area contributed by atoms with Gasteiger partial charge in [0.1, 0.15) is 0 Å². The van der Waals surface area contributed by atoms with Crippen LogP contribution in [0.15, 0.2) is 11.6 Å². The molecule has 1 aliphatic heterocycles. The summed E-state index contributed by atoms with van der Waals surface area (Å²) >= 11 is 0. The van der Waals surface area contributed by atoms with Gasteiger partial charge in [0.25, 0.3) is 0 Å². The van der Waals surface area contributed by atoms with Crippen LogP contribution in [-0.4, -0.2) is 28.4 Å². The predicted molar refractivity (Wildman–Crippen MR) is 102 cm³/mol. The van der Waals surface area contributed by atoms with Gasteiger partial charge in [-0.2, -0.15) is 0 Å². The molecule has 154 valence electrons. The van der Waals surface area contributed by atoms with Crippen molar-refractivity contribution in [3.05, 3.63) is 11.6 Å². The molecule has 4 aliphatic carbocycles. The normalized spacial score (nSPS) is 48.1. The van der Waals surface area contributed by atoms with Gasteiger partial charge in [0.2, 0.25) is 11.6 Å². The van der Waals surface area contributed by atoms with Crippen LogP contribution in [-0.2, 0) is 19.1 Å². The molecule has 5 heteroatoms. The fraction of sp³-hybridized carbons (Fsp3) is 0.826. The van der Waals surface area contributed by atoms with E-state index in [9.17, 15) is 14.7 Å². The molecular formula is C23H32O5. The molecule has 28 heavy (non-hydrogen) atoms. The average Bonchev–Trinajstić information content (AvgIpc) is 2.92. The molecule has 1 heterocycles. The largest absolute Gasteiger partial charge is 0.481 e. The summed E-state index contributed by atoms with van der Waals surface area (Å²) in [4.78, 5) is 24.7. The summed E-state index contributed by atoms with van der Waals surface area (Å²) in [5.41, 5.74) is 1.08. The van der Waals surface area contributed by atoms with Crippen LogP contribution in [0.2, 0.25) is 0 Å². The van der Waals surface area contributed by atoms with E-state index in [0.717, 1.165) is 38.5 Å². The van der Waals surface area contributed by atoms with Crippen LogP contribution in [0.3, 0.4) is 0 Å². The van der Waals surface area contributed by atoms with Gasteiger partial charge in [-0.3, -0.25) is 9.59 Å². The first kappa shape index (κ1) is 18.8. The summed E-state index contributed by atoms with van der Waals surface area (Å²) in [5, 5.41) is 9.76. The molecule has 0 unspecified atom stereocenters. The minimum absolute atomic E-state index is 0.0368. The van der Waals surface area contributed by atoms with E-state index < -0.39 is 17.5 Å². The Balaban J connectivity index is 1.48. The van der Waals surface area contributed by atoms with Crippen molar-refractivity contribution in [2.24, 2.45) is 34.5 Å². The molecular weight excluding hydrogens is 356 g/mol. The van der Waals surface area contributed by atoms with Gasteiger partial charge in [0.05, 0.1) is 5.92 Å². The van der Waals surface area contributed by atoms with E-state index in [2.05, 4.69) is 13.8 Å². The Labute approximate surface area is 166 Å². The second-order valence-corrected chi connectivity index (χ2v) is 10.9. The summed E-state index contributed by atoms with van der Waals surface area (Å²) in [7, 11) is 0. The molecule has 1 N–H and O–H groups in total. The third kappa shape index (κ3) is 2.26. The zero-order valence-electron chi connectivity index (χ0n) is 17.4. The Hall–Kier alpha value is -1.20. The van der Waals surface area contributed by atoms with E-state index in [1.807, 2.05) is 19.9 Å². The number of hydrogen-bond donors (Lipinski definition) is 1. The molecule has 6 atom stereocenters. The summed E-state index contributed by atoms with van der Waals surface area (Å²) in [6, 6.07) is 0. The van der Waals surface area contributed by atoms with Crippen molar-refractivity contribution in [2.45, 2.75) is 84.2 Å². The highest BCUT2D eigenvalue weighted by Crippen LogP contribution is 2.68. The molecule has 3 saturated carbocycles. The maximum atomic E-state index is 12.8. The van der Waals surface area contributed by atoms with Crippen molar-refractivity contribution in [1.82, 2.24) is 0 Å². The first-order valence-electron chi connectivity index (χ1n) is 10.9. The molecule has 0 amide bonds. The molecule has 0 aromatic heterocycles. The fourth-order valence-corrected chi connectivity index (χ4v) is 8.03. The Kier molecular flexibility index (Phi) is 3.68. The lowest BCUT2D eigenvalue weighted by Crippen LogP contribution is -2.68. The summed E-state index contributed by atoms with van der Waals surface area (Å²) in [5.74, 6) is -1.19. The lowest BCUT2D eigenvalue weighted by Gasteiger charge is -2.62. The first-order chi connectivity index (χ1) is 13.0. The number of carbonyl (C=O) groups is 2. The van der Waals surface area contributed by atoms with Crippen molar-refractivity contribution >= 4 is 11.8 Å². The van der Waals surface area contributed by atoms with Crippen LogP contribution >= 0.6 is 0 Å². The van der Waals surface area contributed by atoms with Gasteiger partial charge in [-0.05, 0) is 87.0 Å². The van der Waals surface area contributed by atoms with Crippen LogP contribution in [0.1, 0.15) is 72.6 Å². The molecule has 5 aliphatic rings. The van der Waals surface area contributed by atoms with Crippen molar-refractivity contribution in [1.29, 1.82) is 0 Å². The van der Waals surface area contributed by atoms with E-state index in [4.69, 9.17) is 9.47 Å². The third-order valence-electron chi connectivity index (χ3n) is 9.14. The average molecular weight is 389 g/mol. The first-order valence-corrected chi connectivity index (χ1v) is 10.9. The zero-order valence-corrected chi connectivity index (χ0v) is 17.4. The predicted octanol–water partition coefficient (Wildman–Crippen LogP) is 4.31. The van der Waals surface area contributed by atoms with E-state index in [-0.39, 0.29) is 22.5 Å². The van der Waals surface area contributed by atoms with Gasteiger partial charge in [-0.1, -0.05) is 19.4 Å². The second-order valence-electron chi connectivity index (χ2n) is 10.9. The number of ketones is 1. The highest BCUT2D eigenvalue weighted by molar-refractivity contribution is 5.98. The number of carboxylic acid groups (broad SMARTS) is 1. The van der Waals surface area contributed by atoms with Gasteiger partial charge < -0.3 is 14.6 Å². The minimum Gasteiger partial charge on any atom is -0.481 e. The Morgan fingerprint density at radius 2 is 1.79 bits per heavy atom. The number of rotatable bonds is 1. The second kappa shape index (κ2) is 5.48. The number of carboxylic acids is 1. The van der Waals surface area contributed by atoms with Gasteiger partial charge in [0.15, 0.2) is 5.79 Å². The number of carbonyl (C=O) groups excluding carboxylic acids is 1. The van der Waals surface area contributed by atoms with Crippen molar-refractivity contribution in [2.75, 3.05) is 0 Å². The van der Waals surface area contributed by atoms with E-state index in [1.165, 1.54) is 5.57 Å².